The van der Waals surface area contributed by atoms with E-state index in [1.165, 1.54) is 17.9 Å². The van der Waals surface area contributed by atoms with Crippen LogP contribution in [0.4, 0.5) is 0 Å². The Balaban J connectivity index is 2.12. The second-order valence-electron chi connectivity index (χ2n) is 2.49. The van der Waals surface area contributed by atoms with Gasteiger partial charge in [-0.2, -0.15) is 11.8 Å². The highest BCUT2D eigenvalue weighted by atomic mass is 32.2. The van der Waals surface area contributed by atoms with Crippen LogP contribution in [0.3, 0.4) is 0 Å². The van der Waals surface area contributed by atoms with Gasteiger partial charge in [0.2, 0.25) is 0 Å². The molecule has 10 heavy (non-hydrogen) atoms. The van der Waals surface area contributed by atoms with E-state index in [-0.39, 0.29) is 0 Å². The molecule has 0 aromatic rings. The molecule has 0 bridgehead atoms. The van der Waals surface area contributed by atoms with Gasteiger partial charge in [0, 0.05) is 6.42 Å². The van der Waals surface area contributed by atoms with E-state index in [9.17, 15) is 0 Å². The molecule has 0 aromatic heterocycles. The molecule has 2 heteroatoms. The van der Waals surface area contributed by atoms with Gasteiger partial charge in [0.05, 0.1) is 6.54 Å². The van der Waals surface area contributed by atoms with Gasteiger partial charge in [-0.1, -0.05) is 5.92 Å². The summed E-state index contributed by atoms with van der Waals surface area (Å²) in [5.74, 6) is 9.47. The van der Waals surface area contributed by atoms with E-state index in [2.05, 4.69) is 11.8 Å². The van der Waals surface area contributed by atoms with Gasteiger partial charge in [-0.25, -0.2) is 0 Å². The first kappa shape index (κ1) is 7.97. The lowest BCUT2D eigenvalue weighted by atomic mass is 10.1. The fourth-order valence-electron chi connectivity index (χ4n) is 1.03. The number of hydrogen-bond donors (Lipinski definition) is 1. The second kappa shape index (κ2) is 4.65. The number of nitrogens with two attached hydrogens (primary N) is 1. The van der Waals surface area contributed by atoms with Gasteiger partial charge in [0.1, 0.15) is 0 Å². The molecule has 0 saturated carbocycles. The fraction of sp³-hybridized carbons (Fsp3) is 0.750. The van der Waals surface area contributed by atoms with E-state index in [4.69, 9.17) is 5.73 Å². The Hall–Kier alpha value is -0.130. The van der Waals surface area contributed by atoms with Gasteiger partial charge < -0.3 is 5.73 Å². The Labute approximate surface area is 66.8 Å². The molecular formula is C8H13NS. The van der Waals surface area contributed by atoms with Gasteiger partial charge in [-0.3, -0.25) is 0 Å². The van der Waals surface area contributed by atoms with Crippen molar-refractivity contribution in [3.8, 4) is 11.8 Å². The Morgan fingerprint density at radius 2 is 2.40 bits per heavy atom. The van der Waals surface area contributed by atoms with Crippen LogP contribution in [0.1, 0.15) is 12.8 Å². The molecule has 1 unspecified atom stereocenters. The van der Waals surface area contributed by atoms with Gasteiger partial charge in [-0.15, -0.1) is 5.92 Å². The van der Waals surface area contributed by atoms with Crippen LogP contribution in [0.2, 0.25) is 0 Å². The lowest BCUT2D eigenvalue weighted by Crippen LogP contribution is -1.97. The number of rotatable bonds is 1. The van der Waals surface area contributed by atoms with Crippen LogP contribution in [0.15, 0.2) is 0 Å². The molecule has 2 N–H and O–H groups in total. The van der Waals surface area contributed by atoms with E-state index in [1.54, 1.807) is 0 Å². The van der Waals surface area contributed by atoms with E-state index < -0.39 is 0 Å². The molecular weight excluding hydrogens is 142 g/mol. The Morgan fingerprint density at radius 3 is 3.00 bits per heavy atom. The minimum Gasteiger partial charge on any atom is -0.320 e. The van der Waals surface area contributed by atoms with Crippen LogP contribution in [0.5, 0.6) is 0 Å². The van der Waals surface area contributed by atoms with E-state index >= 15 is 0 Å². The molecule has 1 nitrogen and oxygen atoms in total. The summed E-state index contributed by atoms with van der Waals surface area (Å²) in [6, 6.07) is 0. The Kier molecular flexibility index (Phi) is 3.71. The van der Waals surface area contributed by atoms with Crippen molar-refractivity contribution < 1.29 is 0 Å². The molecule has 0 spiro atoms. The van der Waals surface area contributed by atoms with Gasteiger partial charge >= 0.3 is 0 Å². The molecule has 1 aliphatic rings. The molecule has 1 aliphatic heterocycles. The van der Waals surface area contributed by atoms with E-state index in [0.717, 1.165) is 12.3 Å². The van der Waals surface area contributed by atoms with Crippen molar-refractivity contribution in [1.29, 1.82) is 0 Å². The van der Waals surface area contributed by atoms with Crippen LogP contribution in [-0.2, 0) is 0 Å². The van der Waals surface area contributed by atoms with Crippen molar-refractivity contribution in [3.05, 3.63) is 0 Å². The zero-order valence-electron chi connectivity index (χ0n) is 6.10. The highest BCUT2D eigenvalue weighted by Crippen LogP contribution is 2.25. The average molecular weight is 155 g/mol. The lowest BCUT2D eigenvalue weighted by Gasteiger charge is -1.98. The van der Waals surface area contributed by atoms with Crippen LogP contribution >= 0.6 is 11.8 Å². The summed E-state index contributed by atoms with van der Waals surface area (Å²) >= 11 is 2.04. The molecule has 1 rings (SSSR count). The molecule has 0 aromatic carbocycles. The van der Waals surface area contributed by atoms with Crippen molar-refractivity contribution in [3.63, 3.8) is 0 Å². The molecule has 56 valence electrons. The minimum absolute atomic E-state index is 0.514. The lowest BCUT2D eigenvalue weighted by molar-refractivity contribution is 0.619. The molecule has 1 fully saturated rings. The van der Waals surface area contributed by atoms with Crippen LogP contribution in [0.25, 0.3) is 0 Å². The Morgan fingerprint density at radius 1 is 1.50 bits per heavy atom. The quantitative estimate of drug-likeness (QED) is 0.574. The maximum absolute atomic E-state index is 5.23. The largest absolute Gasteiger partial charge is 0.320 e. The molecule has 1 atom stereocenters. The van der Waals surface area contributed by atoms with Crippen molar-refractivity contribution in [2.75, 3.05) is 18.1 Å². The zero-order chi connectivity index (χ0) is 7.23. The highest BCUT2D eigenvalue weighted by Gasteiger charge is 2.13. The fourth-order valence-corrected chi connectivity index (χ4v) is 2.32. The van der Waals surface area contributed by atoms with Crippen LogP contribution in [-0.4, -0.2) is 18.1 Å². The van der Waals surface area contributed by atoms with Crippen molar-refractivity contribution in [1.82, 2.24) is 0 Å². The predicted molar refractivity (Wildman–Crippen MR) is 46.9 cm³/mol. The minimum atomic E-state index is 0.514. The monoisotopic (exact) mass is 155 g/mol. The molecule has 0 aliphatic carbocycles. The number of hydrogen-bond acceptors (Lipinski definition) is 2. The van der Waals surface area contributed by atoms with E-state index in [1.807, 2.05) is 11.8 Å². The normalized spacial score (nSPS) is 23.9. The smallest absolute Gasteiger partial charge is 0.0551 e. The van der Waals surface area contributed by atoms with Crippen LogP contribution < -0.4 is 5.73 Å². The first-order chi connectivity index (χ1) is 4.93. The average Bonchev–Trinajstić information content (AvgIpc) is 2.41. The summed E-state index contributed by atoms with van der Waals surface area (Å²) < 4.78 is 0. The van der Waals surface area contributed by atoms with Crippen molar-refractivity contribution >= 4 is 11.8 Å². The molecule has 0 radical (unpaired) electrons. The molecule has 0 amide bonds. The summed E-state index contributed by atoms with van der Waals surface area (Å²) in [5.41, 5.74) is 5.23. The summed E-state index contributed by atoms with van der Waals surface area (Å²) in [5, 5.41) is 0. The Bertz CT molecular complexity index is 139. The standard InChI is InChI=1S/C8H13NS/c9-5-2-1-3-8-4-6-10-7-8/h8H,3-7,9H2. The maximum atomic E-state index is 5.23. The first-order valence-electron chi connectivity index (χ1n) is 3.67. The van der Waals surface area contributed by atoms with E-state index in [0.29, 0.717) is 6.54 Å². The zero-order valence-corrected chi connectivity index (χ0v) is 6.91. The summed E-state index contributed by atoms with van der Waals surface area (Å²) in [4.78, 5) is 0. The van der Waals surface area contributed by atoms with Gasteiger partial charge in [0.15, 0.2) is 0 Å². The highest BCUT2D eigenvalue weighted by molar-refractivity contribution is 7.99. The van der Waals surface area contributed by atoms with Crippen LogP contribution in [0, 0.1) is 17.8 Å². The summed E-state index contributed by atoms with van der Waals surface area (Å²) in [6.07, 6.45) is 2.41. The predicted octanol–water partition coefficient (Wildman–Crippen LogP) is 1.09. The maximum Gasteiger partial charge on any atom is 0.0551 e. The third-order valence-corrected chi connectivity index (χ3v) is 2.87. The molecule has 1 saturated heterocycles. The molecule has 1 heterocycles. The first-order valence-corrected chi connectivity index (χ1v) is 4.82. The SMILES string of the molecule is NCC#CCC1CCSC1. The topological polar surface area (TPSA) is 26.0 Å². The van der Waals surface area contributed by atoms with Gasteiger partial charge in [0.25, 0.3) is 0 Å². The second-order valence-corrected chi connectivity index (χ2v) is 3.64. The number of thioether (sulfide) groups is 1. The summed E-state index contributed by atoms with van der Waals surface area (Å²) in [6.45, 7) is 0.514. The third kappa shape index (κ3) is 2.64. The van der Waals surface area contributed by atoms with Crippen molar-refractivity contribution in [2.45, 2.75) is 12.8 Å². The van der Waals surface area contributed by atoms with Gasteiger partial charge in [-0.05, 0) is 23.8 Å². The van der Waals surface area contributed by atoms with Crippen molar-refractivity contribution in [2.24, 2.45) is 11.7 Å². The third-order valence-electron chi connectivity index (χ3n) is 1.64. The summed E-state index contributed by atoms with van der Waals surface area (Å²) in [7, 11) is 0.